The van der Waals surface area contributed by atoms with E-state index < -0.39 is 0 Å². The van der Waals surface area contributed by atoms with Crippen LogP contribution in [0.15, 0.2) is 11.5 Å². The average Bonchev–Trinajstić information content (AvgIpc) is 3.16. The molecule has 1 amide bonds. The van der Waals surface area contributed by atoms with Crippen LogP contribution in [0, 0.1) is 0 Å². The monoisotopic (exact) mass is 580 g/mol. The van der Waals surface area contributed by atoms with Crippen LogP contribution in [0.4, 0.5) is 0 Å². The maximum Gasteiger partial charge on any atom is 0.241 e. The number of nitrogens with one attached hydrogen (secondary N) is 1. The molecule has 0 aromatic carbocycles. The fourth-order valence-corrected chi connectivity index (χ4v) is 3.59. The van der Waals surface area contributed by atoms with Gasteiger partial charge in [-0.25, -0.2) is 0 Å². The zero-order chi connectivity index (χ0) is 23.9. The number of Topliss-reactive ketones (excluding diaryl/α,β-unsaturated/α-hetero) is 4. The summed E-state index contributed by atoms with van der Waals surface area (Å²) >= 11 is 6.53. The predicted molar refractivity (Wildman–Crippen MR) is 124 cm³/mol. The summed E-state index contributed by atoms with van der Waals surface area (Å²) in [6, 6.07) is 0. The van der Waals surface area contributed by atoms with Crippen LogP contribution in [0.3, 0.4) is 0 Å². The maximum atomic E-state index is 11.9. The first-order valence-electron chi connectivity index (χ1n) is 10.6. The molecule has 1 aliphatic rings. The van der Waals surface area contributed by atoms with Crippen LogP contribution in [0.5, 0.6) is 0 Å². The number of carbonyl (C=O) groups is 5. The molecule has 9 nitrogen and oxygen atoms in total. The lowest BCUT2D eigenvalue weighted by Gasteiger charge is -2.13. The second kappa shape index (κ2) is 16.1. The Bertz CT molecular complexity index is 709. The van der Waals surface area contributed by atoms with Crippen LogP contribution in [-0.2, 0) is 33.6 Å². The van der Waals surface area contributed by atoms with Gasteiger partial charge >= 0.3 is 0 Å². The Balaban J connectivity index is 2.12. The number of hydrogen-bond donors (Lipinski definition) is 1. The van der Waals surface area contributed by atoms with Crippen molar-refractivity contribution in [2.45, 2.75) is 64.7 Å². The molecule has 0 radical (unpaired) electrons. The summed E-state index contributed by atoms with van der Waals surface area (Å²) in [5.74, 6) is 0.432. The van der Waals surface area contributed by atoms with Crippen molar-refractivity contribution in [3.63, 3.8) is 0 Å². The van der Waals surface area contributed by atoms with E-state index in [1.54, 1.807) is 0 Å². The van der Waals surface area contributed by atoms with Gasteiger partial charge in [-0.3, -0.25) is 24.0 Å². The number of amides is 1. The highest BCUT2D eigenvalue weighted by molar-refractivity contribution is 9.09. The number of hydrogen-bond acceptors (Lipinski definition) is 8. The quantitative estimate of drug-likeness (QED) is 0.245. The number of nitrogens with zero attached hydrogens (tertiary/aromatic N) is 1. The fraction of sp³-hybridized carbons (Fsp3) is 0.667. The molecule has 0 fully saturated rings. The Kier molecular flexibility index (Phi) is 14.3. The molecule has 1 aliphatic heterocycles. The summed E-state index contributed by atoms with van der Waals surface area (Å²) in [6.07, 6.45) is 2.07. The standard InChI is InChI=1S/C21H30Br2N2O7/c1-2-3-15(26)4-5-16(27)6-7-17(28)8-9-18(29)10-11-24-21(30)14-25-31-19(12-22)20(13-23)32-25/h2-14H2,1H3,(H,24,30). The van der Waals surface area contributed by atoms with Crippen molar-refractivity contribution in [2.75, 3.05) is 23.7 Å². The maximum absolute atomic E-state index is 11.9. The normalized spacial score (nSPS) is 13.5. The van der Waals surface area contributed by atoms with E-state index in [1.165, 1.54) is 0 Å². The van der Waals surface area contributed by atoms with Crippen LogP contribution in [0.25, 0.3) is 0 Å². The lowest BCUT2D eigenvalue weighted by molar-refractivity contribution is -0.289. The van der Waals surface area contributed by atoms with Gasteiger partial charge in [0.05, 0.1) is 10.7 Å². The predicted octanol–water partition coefficient (Wildman–Crippen LogP) is 3.09. The first-order chi connectivity index (χ1) is 15.3. The first-order valence-corrected chi connectivity index (χ1v) is 12.8. The van der Waals surface area contributed by atoms with E-state index in [4.69, 9.17) is 9.68 Å². The van der Waals surface area contributed by atoms with Crippen molar-refractivity contribution >= 4 is 60.9 Å². The minimum atomic E-state index is -0.366. The second-order valence-electron chi connectivity index (χ2n) is 7.29. The summed E-state index contributed by atoms with van der Waals surface area (Å²) in [5, 5.41) is 4.57. The number of allylic oxidation sites excluding steroid dienone is 2. The number of carbonyl (C=O) groups excluding carboxylic acids is 5. The molecule has 0 atom stereocenters. The number of alkyl halides is 2. The lowest BCUT2D eigenvalue weighted by Crippen LogP contribution is -2.36. The third kappa shape index (κ3) is 11.9. The van der Waals surface area contributed by atoms with Crippen LogP contribution in [0.2, 0.25) is 0 Å². The van der Waals surface area contributed by atoms with E-state index >= 15 is 0 Å². The molecule has 1 N–H and O–H groups in total. The molecule has 180 valence electrons. The second-order valence-corrected chi connectivity index (χ2v) is 8.41. The summed E-state index contributed by atoms with van der Waals surface area (Å²) in [5.41, 5.74) is 0. The van der Waals surface area contributed by atoms with Gasteiger partial charge in [-0.15, -0.1) is 0 Å². The van der Waals surface area contributed by atoms with Gasteiger partial charge in [0.1, 0.15) is 23.1 Å². The zero-order valence-electron chi connectivity index (χ0n) is 18.3. The third-order valence-corrected chi connectivity index (χ3v) is 5.57. The fourth-order valence-electron chi connectivity index (χ4n) is 2.76. The van der Waals surface area contributed by atoms with Gasteiger partial charge in [-0.1, -0.05) is 38.8 Å². The highest BCUT2D eigenvalue weighted by Crippen LogP contribution is 2.23. The highest BCUT2D eigenvalue weighted by atomic mass is 79.9. The number of hydroxylamine groups is 2. The topological polar surface area (TPSA) is 119 Å². The van der Waals surface area contributed by atoms with Crippen LogP contribution in [-0.4, -0.2) is 58.0 Å². The lowest BCUT2D eigenvalue weighted by atomic mass is 10.0. The highest BCUT2D eigenvalue weighted by Gasteiger charge is 2.26. The summed E-state index contributed by atoms with van der Waals surface area (Å²) in [4.78, 5) is 69.7. The molecule has 0 saturated heterocycles. The molecule has 0 spiro atoms. The van der Waals surface area contributed by atoms with Crippen molar-refractivity contribution < 1.29 is 33.6 Å². The van der Waals surface area contributed by atoms with Gasteiger partial charge in [0.2, 0.25) is 5.91 Å². The van der Waals surface area contributed by atoms with Crippen LogP contribution < -0.4 is 5.32 Å². The molecule has 0 bridgehead atoms. The largest absolute Gasteiger partial charge is 0.371 e. The number of halogens is 2. The molecule has 0 unspecified atom stereocenters. The number of rotatable bonds is 18. The van der Waals surface area contributed by atoms with Crippen LogP contribution >= 0.6 is 31.9 Å². The average molecular weight is 582 g/mol. The van der Waals surface area contributed by atoms with Gasteiger partial charge in [0.15, 0.2) is 18.1 Å². The molecule has 0 aliphatic carbocycles. The third-order valence-electron chi connectivity index (χ3n) is 4.55. The van der Waals surface area contributed by atoms with Crippen molar-refractivity contribution in [1.82, 2.24) is 10.5 Å². The zero-order valence-corrected chi connectivity index (χ0v) is 21.4. The molecule has 1 heterocycles. The summed E-state index contributed by atoms with van der Waals surface area (Å²) < 4.78 is 0. The molecule has 0 aromatic heterocycles. The number of ketones is 4. The van der Waals surface area contributed by atoms with Gasteiger partial charge in [0.25, 0.3) is 0 Å². The van der Waals surface area contributed by atoms with Crippen LogP contribution in [0.1, 0.15) is 64.7 Å². The Labute approximate surface area is 204 Å². The van der Waals surface area contributed by atoms with E-state index in [1.807, 2.05) is 6.92 Å². The summed E-state index contributed by atoms with van der Waals surface area (Å²) in [7, 11) is 0. The van der Waals surface area contributed by atoms with Gasteiger partial charge in [-0.05, 0) is 6.42 Å². The molecule has 0 aromatic rings. The van der Waals surface area contributed by atoms with E-state index in [-0.39, 0.29) is 87.1 Å². The molecule has 32 heavy (non-hydrogen) atoms. The van der Waals surface area contributed by atoms with Crippen molar-refractivity contribution in [2.24, 2.45) is 0 Å². The Morgan fingerprint density at radius 3 is 1.53 bits per heavy atom. The van der Waals surface area contributed by atoms with Crippen molar-refractivity contribution in [3.05, 3.63) is 11.5 Å². The van der Waals surface area contributed by atoms with Gasteiger partial charge in [0, 0.05) is 63.1 Å². The van der Waals surface area contributed by atoms with Crippen molar-refractivity contribution in [1.29, 1.82) is 0 Å². The van der Waals surface area contributed by atoms with Gasteiger partial charge < -0.3 is 15.0 Å². The van der Waals surface area contributed by atoms with E-state index in [9.17, 15) is 24.0 Å². The smallest absolute Gasteiger partial charge is 0.241 e. The SMILES string of the molecule is CCCC(=O)CCC(=O)CCC(=O)CCC(=O)CCNC(=O)CN1OC(CBr)=C(CBr)O1. The molecule has 1 rings (SSSR count). The Hall–Kier alpha value is -1.59. The minimum Gasteiger partial charge on any atom is -0.371 e. The van der Waals surface area contributed by atoms with Gasteiger partial charge in [-0.2, -0.15) is 0 Å². The molecule has 11 heteroatoms. The van der Waals surface area contributed by atoms with Crippen molar-refractivity contribution in [3.8, 4) is 0 Å². The molecular weight excluding hydrogens is 552 g/mol. The molecule has 0 saturated carbocycles. The summed E-state index contributed by atoms with van der Waals surface area (Å²) in [6.45, 7) is 1.90. The Morgan fingerprint density at radius 2 is 1.12 bits per heavy atom. The first kappa shape index (κ1) is 28.4. The minimum absolute atomic E-state index is 0.0642. The van der Waals surface area contributed by atoms with E-state index in [0.717, 1.165) is 11.6 Å². The van der Waals surface area contributed by atoms with E-state index in [2.05, 4.69) is 37.2 Å². The van der Waals surface area contributed by atoms with E-state index in [0.29, 0.717) is 28.6 Å². The Morgan fingerprint density at radius 1 is 0.719 bits per heavy atom. The molecular formula is C21H30Br2N2O7.